The van der Waals surface area contributed by atoms with Gasteiger partial charge in [0.15, 0.2) is 23.0 Å². The SMILES string of the molecule is CCN1CCN(Cc2ccc(OC)c(OCc3ccccn3)c2)CCOc2ccccc2Oc2ncccc2C1=O. The van der Waals surface area contributed by atoms with Gasteiger partial charge in [0.1, 0.15) is 18.8 Å². The van der Waals surface area contributed by atoms with E-state index in [9.17, 15) is 4.79 Å². The second kappa shape index (κ2) is 13.6. The van der Waals surface area contributed by atoms with Crippen molar-refractivity contribution in [1.29, 1.82) is 0 Å². The van der Waals surface area contributed by atoms with Crippen molar-refractivity contribution in [3.63, 3.8) is 0 Å². The Morgan fingerprint density at radius 2 is 1.71 bits per heavy atom. The lowest BCUT2D eigenvalue weighted by molar-refractivity contribution is 0.0736. The minimum Gasteiger partial charge on any atom is -0.493 e. The van der Waals surface area contributed by atoms with Crippen molar-refractivity contribution in [1.82, 2.24) is 19.8 Å². The Hall–Kier alpha value is -4.63. The predicted molar refractivity (Wildman–Crippen MR) is 155 cm³/mol. The number of amides is 1. The molecule has 1 aliphatic heterocycles. The molecule has 9 nitrogen and oxygen atoms in total. The fourth-order valence-electron chi connectivity index (χ4n) is 4.61. The Labute approximate surface area is 240 Å². The maximum absolute atomic E-state index is 13.6. The first-order valence-electron chi connectivity index (χ1n) is 13.7. The van der Waals surface area contributed by atoms with Crippen molar-refractivity contribution in [2.45, 2.75) is 20.1 Å². The molecule has 3 heterocycles. The van der Waals surface area contributed by atoms with Gasteiger partial charge in [0, 0.05) is 45.1 Å². The number of pyridine rings is 2. The molecular formula is C32H34N4O5. The van der Waals surface area contributed by atoms with Crippen LogP contribution in [-0.4, -0.2) is 65.6 Å². The summed E-state index contributed by atoms with van der Waals surface area (Å²) in [6.45, 7) is 5.77. The second-order valence-electron chi connectivity index (χ2n) is 9.51. The molecule has 212 valence electrons. The van der Waals surface area contributed by atoms with Gasteiger partial charge in [-0.05, 0) is 61.0 Å². The summed E-state index contributed by atoms with van der Waals surface area (Å²) in [7, 11) is 1.63. The molecule has 0 fully saturated rings. The van der Waals surface area contributed by atoms with E-state index in [0.717, 1.165) is 11.3 Å². The number of aromatic nitrogens is 2. The second-order valence-corrected chi connectivity index (χ2v) is 9.51. The normalized spacial score (nSPS) is 14.3. The molecule has 0 radical (unpaired) electrons. The van der Waals surface area contributed by atoms with Gasteiger partial charge in [0.25, 0.3) is 5.91 Å². The molecule has 2 aromatic carbocycles. The van der Waals surface area contributed by atoms with E-state index in [1.807, 2.05) is 72.5 Å². The summed E-state index contributed by atoms with van der Waals surface area (Å²) in [6.07, 6.45) is 3.37. The fraction of sp³-hybridized carbons (Fsp3) is 0.281. The molecule has 0 unspecified atom stereocenters. The van der Waals surface area contributed by atoms with Crippen molar-refractivity contribution >= 4 is 5.91 Å². The molecule has 41 heavy (non-hydrogen) atoms. The summed E-state index contributed by atoms with van der Waals surface area (Å²) in [6, 6.07) is 22.6. The number of likely N-dealkylation sites (N-methyl/N-ethyl adjacent to an activating group) is 1. The topological polar surface area (TPSA) is 86.2 Å². The van der Waals surface area contributed by atoms with Crippen LogP contribution in [-0.2, 0) is 13.2 Å². The van der Waals surface area contributed by atoms with Crippen LogP contribution in [0.2, 0.25) is 0 Å². The number of nitrogens with zero attached hydrogens (tertiary/aromatic N) is 4. The lowest BCUT2D eigenvalue weighted by Gasteiger charge is -2.27. The zero-order valence-corrected chi connectivity index (χ0v) is 23.4. The monoisotopic (exact) mass is 554 g/mol. The average molecular weight is 555 g/mol. The summed E-state index contributed by atoms with van der Waals surface area (Å²) in [5.41, 5.74) is 2.31. The van der Waals surface area contributed by atoms with Crippen molar-refractivity contribution < 1.29 is 23.7 Å². The van der Waals surface area contributed by atoms with E-state index < -0.39 is 0 Å². The van der Waals surface area contributed by atoms with Gasteiger partial charge in [0.2, 0.25) is 5.88 Å². The van der Waals surface area contributed by atoms with Gasteiger partial charge >= 0.3 is 0 Å². The van der Waals surface area contributed by atoms with Crippen LogP contribution in [0, 0.1) is 0 Å². The molecule has 0 aliphatic carbocycles. The van der Waals surface area contributed by atoms with E-state index in [-0.39, 0.29) is 11.8 Å². The van der Waals surface area contributed by atoms with Crippen LogP contribution in [0.15, 0.2) is 85.2 Å². The Bertz CT molecular complexity index is 1450. The van der Waals surface area contributed by atoms with E-state index in [4.69, 9.17) is 18.9 Å². The molecule has 4 aromatic rings. The molecule has 0 N–H and O–H groups in total. The summed E-state index contributed by atoms with van der Waals surface area (Å²) < 4.78 is 23.9. The molecule has 0 saturated carbocycles. The van der Waals surface area contributed by atoms with Gasteiger partial charge < -0.3 is 23.8 Å². The zero-order chi connectivity index (χ0) is 28.4. The average Bonchev–Trinajstić information content (AvgIpc) is 3.02. The third-order valence-corrected chi connectivity index (χ3v) is 6.81. The number of hydrogen-bond donors (Lipinski definition) is 0. The van der Waals surface area contributed by atoms with Gasteiger partial charge in [-0.3, -0.25) is 14.7 Å². The van der Waals surface area contributed by atoms with Gasteiger partial charge in [-0.2, -0.15) is 0 Å². The molecule has 0 spiro atoms. The van der Waals surface area contributed by atoms with Crippen LogP contribution in [0.25, 0.3) is 0 Å². The summed E-state index contributed by atoms with van der Waals surface area (Å²) in [4.78, 5) is 26.4. The third kappa shape index (κ3) is 7.12. The quantitative estimate of drug-likeness (QED) is 0.308. The summed E-state index contributed by atoms with van der Waals surface area (Å²) in [5.74, 6) is 2.56. The molecule has 0 bridgehead atoms. The Balaban J connectivity index is 1.37. The number of fused-ring (bicyclic) bond motifs is 2. The van der Waals surface area contributed by atoms with E-state index in [2.05, 4.69) is 14.9 Å². The number of benzene rings is 2. The molecule has 0 saturated heterocycles. The third-order valence-electron chi connectivity index (χ3n) is 6.81. The summed E-state index contributed by atoms with van der Waals surface area (Å²) in [5, 5.41) is 0. The fourth-order valence-corrected chi connectivity index (χ4v) is 4.61. The molecule has 2 aromatic heterocycles. The first-order valence-corrected chi connectivity index (χ1v) is 13.7. The Kier molecular flexibility index (Phi) is 9.28. The van der Waals surface area contributed by atoms with Gasteiger partial charge in [-0.25, -0.2) is 4.98 Å². The minimum absolute atomic E-state index is 0.122. The lowest BCUT2D eigenvalue weighted by Crippen LogP contribution is -2.39. The molecule has 1 aliphatic rings. The highest BCUT2D eigenvalue weighted by molar-refractivity contribution is 5.96. The molecule has 9 heteroatoms. The highest BCUT2D eigenvalue weighted by Gasteiger charge is 2.22. The Morgan fingerprint density at radius 1 is 0.878 bits per heavy atom. The van der Waals surface area contributed by atoms with Crippen molar-refractivity contribution in [2.24, 2.45) is 0 Å². The maximum Gasteiger partial charge on any atom is 0.259 e. The number of carbonyl (C=O) groups excluding carboxylic acids is 1. The largest absolute Gasteiger partial charge is 0.493 e. The minimum atomic E-state index is -0.122. The molecular weight excluding hydrogens is 520 g/mol. The van der Waals surface area contributed by atoms with E-state index >= 15 is 0 Å². The van der Waals surface area contributed by atoms with Gasteiger partial charge in [-0.15, -0.1) is 0 Å². The Morgan fingerprint density at radius 3 is 2.51 bits per heavy atom. The number of rotatable bonds is 7. The van der Waals surface area contributed by atoms with E-state index in [0.29, 0.717) is 74.5 Å². The van der Waals surface area contributed by atoms with E-state index in [1.165, 1.54) is 0 Å². The standard InChI is InChI=1S/C32H34N4O5/c1-3-36-18-17-35(22-24-13-14-27(38-2)30(21-24)40-23-25-9-6-7-15-33-25)19-20-39-28-11-4-5-12-29(28)41-31-26(32(36)37)10-8-16-34-31/h4-16,21H,3,17-20,22-23H2,1-2H3. The first kappa shape index (κ1) is 27.9. The van der Waals surface area contributed by atoms with Crippen molar-refractivity contribution in [2.75, 3.05) is 39.9 Å². The highest BCUT2D eigenvalue weighted by atomic mass is 16.5. The lowest BCUT2D eigenvalue weighted by atomic mass is 10.1. The van der Waals surface area contributed by atoms with Crippen LogP contribution in [0.4, 0.5) is 0 Å². The molecule has 1 amide bonds. The van der Waals surface area contributed by atoms with Gasteiger partial charge in [-0.1, -0.05) is 24.3 Å². The van der Waals surface area contributed by atoms with Crippen molar-refractivity contribution in [3.05, 3.63) is 102 Å². The number of methoxy groups -OCH3 is 1. The zero-order valence-electron chi connectivity index (χ0n) is 23.4. The molecule has 0 atom stereocenters. The number of hydrogen-bond acceptors (Lipinski definition) is 8. The van der Waals surface area contributed by atoms with Crippen LogP contribution < -0.4 is 18.9 Å². The van der Waals surface area contributed by atoms with Crippen molar-refractivity contribution in [3.8, 4) is 28.9 Å². The van der Waals surface area contributed by atoms with Crippen LogP contribution in [0.5, 0.6) is 28.9 Å². The number of para-hydroxylation sites is 2. The number of ether oxygens (including phenoxy) is 4. The van der Waals surface area contributed by atoms with Crippen LogP contribution in [0.1, 0.15) is 28.5 Å². The predicted octanol–water partition coefficient (Wildman–Crippen LogP) is 5.21. The first-order chi connectivity index (χ1) is 20.1. The van der Waals surface area contributed by atoms with Crippen LogP contribution in [0.3, 0.4) is 0 Å². The molecule has 5 rings (SSSR count). The smallest absolute Gasteiger partial charge is 0.259 e. The number of carbonyl (C=O) groups is 1. The summed E-state index contributed by atoms with van der Waals surface area (Å²) >= 11 is 0. The maximum atomic E-state index is 13.6. The van der Waals surface area contributed by atoms with E-state index in [1.54, 1.807) is 31.6 Å². The van der Waals surface area contributed by atoms with Crippen LogP contribution >= 0.6 is 0 Å². The van der Waals surface area contributed by atoms with Gasteiger partial charge in [0.05, 0.1) is 12.8 Å². The highest BCUT2D eigenvalue weighted by Crippen LogP contribution is 2.33.